The minimum Gasteiger partial charge on any atom is -0.373 e. The number of halogens is 3. The molecule has 0 aliphatic carbocycles. The van der Waals surface area contributed by atoms with E-state index in [9.17, 15) is 13.2 Å². The van der Waals surface area contributed by atoms with Gasteiger partial charge in [0.15, 0.2) is 0 Å². The van der Waals surface area contributed by atoms with Gasteiger partial charge in [-0.15, -0.1) is 0 Å². The highest BCUT2D eigenvalue weighted by Gasteiger charge is 2.30. The topological polar surface area (TPSA) is 12.5 Å². The molecule has 2 rings (SSSR count). The van der Waals surface area contributed by atoms with Gasteiger partial charge >= 0.3 is 6.18 Å². The van der Waals surface area contributed by atoms with Crippen LogP contribution in [0.2, 0.25) is 0 Å². The molecular formula is C12H13F3O. The van der Waals surface area contributed by atoms with Crippen molar-refractivity contribution in [3.8, 4) is 0 Å². The van der Waals surface area contributed by atoms with Crippen LogP contribution in [-0.4, -0.2) is 12.7 Å². The second kappa shape index (κ2) is 4.09. The molecule has 1 aliphatic rings. The van der Waals surface area contributed by atoms with Crippen molar-refractivity contribution in [2.24, 2.45) is 0 Å². The molecule has 88 valence electrons. The monoisotopic (exact) mass is 230 g/mol. The van der Waals surface area contributed by atoms with Crippen LogP contribution in [0.4, 0.5) is 13.2 Å². The zero-order valence-corrected chi connectivity index (χ0v) is 8.92. The molecule has 0 spiro atoms. The molecule has 4 heteroatoms. The van der Waals surface area contributed by atoms with E-state index in [0.717, 1.165) is 30.7 Å². The number of hydrogen-bond acceptors (Lipinski definition) is 1. The molecule has 1 aromatic rings. The van der Waals surface area contributed by atoms with E-state index in [1.165, 1.54) is 0 Å². The van der Waals surface area contributed by atoms with E-state index in [1.807, 2.05) is 6.92 Å². The first-order valence-electron chi connectivity index (χ1n) is 5.25. The van der Waals surface area contributed by atoms with Crippen molar-refractivity contribution in [3.63, 3.8) is 0 Å². The Balaban J connectivity index is 2.05. The van der Waals surface area contributed by atoms with E-state index >= 15 is 0 Å². The highest BCUT2D eigenvalue weighted by Crippen LogP contribution is 2.32. The van der Waals surface area contributed by atoms with Crippen LogP contribution in [0.3, 0.4) is 0 Å². The summed E-state index contributed by atoms with van der Waals surface area (Å²) in [5.74, 6) is 0.245. The van der Waals surface area contributed by atoms with E-state index in [2.05, 4.69) is 0 Å². The predicted molar refractivity (Wildman–Crippen MR) is 54.2 cm³/mol. The van der Waals surface area contributed by atoms with Crippen LogP contribution >= 0.6 is 0 Å². The lowest BCUT2D eigenvalue weighted by Gasteiger charge is -2.12. The maximum absolute atomic E-state index is 12.3. The van der Waals surface area contributed by atoms with Crippen molar-refractivity contribution in [3.05, 3.63) is 35.4 Å². The lowest BCUT2D eigenvalue weighted by atomic mass is 9.95. The zero-order chi connectivity index (χ0) is 11.8. The van der Waals surface area contributed by atoms with Gasteiger partial charge in [-0.25, -0.2) is 0 Å². The Hall–Kier alpha value is -1.03. The zero-order valence-electron chi connectivity index (χ0n) is 8.92. The maximum Gasteiger partial charge on any atom is 0.416 e. The van der Waals surface area contributed by atoms with Crippen molar-refractivity contribution >= 4 is 0 Å². The number of ether oxygens (including phenoxy) is 1. The summed E-state index contributed by atoms with van der Waals surface area (Å²) < 4.78 is 42.1. The summed E-state index contributed by atoms with van der Waals surface area (Å²) in [4.78, 5) is 0. The van der Waals surface area contributed by atoms with Crippen LogP contribution in [0.25, 0.3) is 0 Å². The molecule has 2 unspecified atom stereocenters. The van der Waals surface area contributed by atoms with Gasteiger partial charge in [0.2, 0.25) is 0 Å². The summed E-state index contributed by atoms with van der Waals surface area (Å²) in [6, 6.07) is 5.38. The van der Waals surface area contributed by atoms with Gasteiger partial charge in [0.1, 0.15) is 0 Å². The van der Waals surface area contributed by atoms with E-state index in [1.54, 1.807) is 12.1 Å². The summed E-state index contributed by atoms with van der Waals surface area (Å²) in [6.07, 6.45) is -3.07. The predicted octanol–water partition coefficient (Wildman–Crippen LogP) is 3.60. The van der Waals surface area contributed by atoms with Crippen molar-refractivity contribution in [1.29, 1.82) is 0 Å². The summed E-state index contributed by atoms with van der Waals surface area (Å²) >= 11 is 0. The molecule has 2 atom stereocenters. The second-order valence-electron chi connectivity index (χ2n) is 4.21. The van der Waals surface area contributed by atoms with Gasteiger partial charge in [-0.2, -0.15) is 13.2 Å². The van der Waals surface area contributed by atoms with Gasteiger partial charge in [0.25, 0.3) is 0 Å². The van der Waals surface area contributed by atoms with Crippen molar-refractivity contribution < 1.29 is 17.9 Å². The molecule has 16 heavy (non-hydrogen) atoms. The van der Waals surface area contributed by atoms with Crippen molar-refractivity contribution in [1.82, 2.24) is 0 Å². The molecule has 1 aromatic carbocycles. The van der Waals surface area contributed by atoms with Crippen molar-refractivity contribution in [2.75, 3.05) is 6.61 Å². The van der Waals surface area contributed by atoms with Crippen LogP contribution in [-0.2, 0) is 10.9 Å². The average molecular weight is 230 g/mol. The Morgan fingerprint density at radius 1 is 1.31 bits per heavy atom. The van der Waals surface area contributed by atoms with Crippen LogP contribution in [0, 0.1) is 0 Å². The summed E-state index contributed by atoms with van der Waals surface area (Å²) in [5.41, 5.74) is 0.342. The highest BCUT2D eigenvalue weighted by atomic mass is 19.4. The first-order valence-corrected chi connectivity index (χ1v) is 5.25. The fourth-order valence-corrected chi connectivity index (χ4v) is 1.74. The number of alkyl halides is 3. The molecule has 1 nitrogen and oxygen atoms in total. The Kier molecular flexibility index (Phi) is 2.93. The maximum atomic E-state index is 12.3. The molecule has 1 heterocycles. The lowest BCUT2D eigenvalue weighted by Crippen LogP contribution is -2.05. The molecule has 1 fully saturated rings. The van der Waals surface area contributed by atoms with Gasteiger partial charge in [-0.05, 0) is 30.0 Å². The minimum atomic E-state index is -4.25. The molecule has 0 saturated carbocycles. The molecule has 0 radical (unpaired) electrons. The largest absolute Gasteiger partial charge is 0.416 e. The van der Waals surface area contributed by atoms with Gasteiger partial charge in [-0.1, -0.05) is 19.1 Å². The van der Waals surface area contributed by atoms with E-state index in [4.69, 9.17) is 4.74 Å². The fourth-order valence-electron chi connectivity index (χ4n) is 1.74. The lowest BCUT2D eigenvalue weighted by molar-refractivity contribution is -0.137. The third kappa shape index (κ3) is 2.76. The first kappa shape index (κ1) is 11.5. The number of epoxide rings is 1. The molecule has 0 bridgehead atoms. The molecule has 0 N–H and O–H groups in total. The summed E-state index contributed by atoms with van der Waals surface area (Å²) in [5, 5.41) is 0. The fraction of sp³-hybridized carbons (Fsp3) is 0.500. The van der Waals surface area contributed by atoms with Gasteiger partial charge < -0.3 is 4.74 Å². The molecular weight excluding hydrogens is 217 g/mol. The van der Waals surface area contributed by atoms with E-state index in [-0.39, 0.29) is 5.92 Å². The van der Waals surface area contributed by atoms with Gasteiger partial charge in [-0.3, -0.25) is 0 Å². The first-order chi connectivity index (χ1) is 7.47. The highest BCUT2D eigenvalue weighted by molar-refractivity contribution is 5.26. The normalized spacial score (nSPS) is 21.9. The second-order valence-corrected chi connectivity index (χ2v) is 4.21. The van der Waals surface area contributed by atoms with Crippen molar-refractivity contribution in [2.45, 2.75) is 31.5 Å². The molecule has 1 aliphatic heterocycles. The number of benzene rings is 1. The van der Waals surface area contributed by atoms with Crippen LogP contribution in [0.1, 0.15) is 30.4 Å². The SMILES string of the molecule is CC(CC1CO1)c1ccc(C(F)(F)F)cc1. The summed E-state index contributed by atoms with van der Waals surface area (Å²) in [6.45, 7) is 2.79. The van der Waals surface area contributed by atoms with E-state index in [0.29, 0.717) is 6.10 Å². The smallest absolute Gasteiger partial charge is 0.373 e. The molecule has 1 saturated heterocycles. The summed E-state index contributed by atoms with van der Waals surface area (Å²) in [7, 11) is 0. The number of rotatable bonds is 3. The van der Waals surface area contributed by atoms with E-state index < -0.39 is 11.7 Å². The third-order valence-corrected chi connectivity index (χ3v) is 2.83. The van der Waals surface area contributed by atoms with Gasteiger partial charge in [0.05, 0.1) is 18.3 Å². The Bertz CT molecular complexity index is 352. The molecule has 0 aromatic heterocycles. The Morgan fingerprint density at radius 3 is 2.31 bits per heavy atom. The third-order valence-electron chi connectivity index (χ3n) is 2.83. The van der Waals surface area contributed by atoms with Crippen LogP contribution < -0.4 is 0 Å². The van der Waals surface area contributed by atoms with Gasteiger partial charge in [0, 0.05) is 0 Å². The molecule has 0 amide bonds. The average Bonchev–Trinajstić information content (AvgIpc) is 3.00. The van der Waals surface area contributed by atoms with Crippen LogP contribution in [0.15, 0.2) is 24.3 Å². The Labute approximate surface area is 92.2 Å². The Morgan fingerprint density at radius 2 is 1.88 bits per heavy atom. The number of hydrogen-bond donors (Lipinski definition) is 0. The van der Waals surface area contributed by atoms with Crippen LogP contribution in [0.5, 0.6) is 0 Å². The standard InChI is InChI=1S/C12H13F3O/c1-8(6-11-7-16-11)9-2-4-10(5-3-9)12(13,14)15/h2-5,8,11H,6-7H2,1H3. The quantitative estimate of drug-likeness (QED) is 0.723. The minimum absolute atomic E-state index is 0.245.